The second-order valence-electron chi connectivity index (χ2n) is 3.87. The van der Waals surface area contributed by atoms with Crippen LogP contribution < -0.4 is 0 Å². The highest BCUT2D eigenvalue weighted by atomic mass is 16.4. The van der Waals surface area contributed by atoms with E-state index in [9.17, 15) is 9.59 Å². The van der Waals surface area contributed by atoms with Gasteiger partial charge in [-0.25, -0.2) is 14.3 Å². The molecule has 2 heterocycles. The second-order valence-corrected chi connectivity index (χ2v) is 3.87. The Bertz CT molecular complexity index is 671. The van der Waals surface area contributed by atoms with Crippen molar-refractivity contribution in [2.24, 2.45) is 0 Å². The van der Waals surface area contributed by atoms with Gasteiger partial charge in [-0.3, -0.25) is 4.79 Å². The maximum Gasteiger partial charge on any atom is 0.341 e. The number of ketones is 1. The van der Waals surface area contributed by atoms with E-state index in [4.69, 9.17) is 5.11 Å². The fraction of sp³-hybridized carbons (Fsp3) is 0.167. The maximum absolute atomic E-state index is 11.0. The van der Waals surface area contributed by atoms with Gasteiger partial charge in [-0.15, -0.1) is 0 Å². The third-order valence-corrected chi connectivity index (χ3v) is 2.39. The van der Waals surface area contributed by atoms with E-state index >= 15 is 0 Å². The predicted octanol–water partition coefficient (Wildman–Crippen LogP) is 1.34. The lowest BCUT2D eigenvalue weighted by Crippen LogP contribution is -2.01. The minimum atomic E-state index is -1.08. The zero-order valence-corrected chi connectivity index (χ0v) is 9.91. The van der Waals surface area contributed by atoms with Gasteiger partial charge in [0.2, 0.25) is 0 Å². The van der Waals surface area contributed by atoms with E-state index in [-0.39, 0.29) is 17.0 Å². The van der Waals surface area contributed by atoms with Crippen LogP contribution in [0.4, 0.5) is 0 Å². The summed E-state index contributed by atoms with van der Waals surface area (Å²) in [5, 5.41) is 13.0. The standard InChI is InChI=1S/C12H11N3O3/c1-7-5-9(4-3-8(2)16)14-11-10(12(17)18)6-13-15(7)11/h3-6H,1-2H3,(H,17,18)/b4-3+. The molecule has 0 spiro atoms. The van der Waals surface area contributed by atoms with Gasteiger partial charge in [-0.1, -0.05) is 0 Å². The molecule has 2 aromatic rings. The summed E-state index contributed by atoms with van der Waals surface area (Å²) in [5.74, 6) is -1.18. The highest BCUT2D eigenvalue weighted by Gasteiger charge is 2.14. The molecule has 0 aliphatic rings. The predicted molar refractivity (Wildman–Crippen MR) is 64.4 cm³/mol. The van der Waals surface area contributed by atoms with Gasteiger partial charge in [-0.2, -0.15) is 5.10 Å². The number of carboxylic acids is 1. The zero-order valence-electron chi connectivity index (χ0n) is 9.91. The number of aryl methyl sites for hydroxylation is 1. The van der Waals surface area contributed by atoms with Gasteiger partial charge >= 0.3 is 5.97 Å². The van der Waals surface area contributed by atoms with E-state index < -0.39 is 5.97 Å². The first-order valence-corrected chi connectivity index (χ1v) is 5.26. The molecule has 2 rings (SSSR count). The molecule has 0 amide bonds. The van der Waals surface area contributed by atoms with Crippen LogP contribution in [0.5, 0.6) is 0 Å². The molecule has 92 valence electrons. The molecule has 0 saturated carbocycles. The summed E-state index contributed by atoms with van der Waals surface area (Å²) < 4.78 is 1.45. The van der Waals surface area contributed by atoms with E-state index in [0.717, 1.165) is 5.69 Å². The molecule has 0 aliphatic heterocycles. The number of rotatable bonds is 3. The normalized spacial score (nSPS) is 11.2. The molecule has 0 aromatic carbocycles. The van der Waals surface area contributed by atoms with Crippen molar-refractivity contribution in [1.82, 2.24) is 14.6 Å². The average molecular weight is 245 g/mol. The number of aromatic nitrogens is 3. The van der Waals surface area contributed by atoms with Crippen molar-refractivity contribution in [3.8, 4) is 0 Å². The van der Waals surface area contributed by atoms with Crippen LogP contribution in [-0.4, -0.2) is 31.5 Å². The Balaban J connectivity index is 2.62. The van der Waals surface area contributed by atoms with Crippen molar-refractivity contribution in [3.05, 3.63) is 35.3 Å². The van der Waals surface area contributed by atoms with Crippen LogP contribution in [0.15, 0.2) is 18.3 Å². The fourth-order valence-electron chi connectivity index (χ4n) is 1.58. The van der Waals surface area contributed by atoms with Gasteiger partial charge < -0.3 is 5.11 Å². The van der Waals surface area contributed by atoms with Gasteiger partial charge in [0.15, 0.2) is 11.4 Å². The molecule has 0 atom stereocenters. The molecular weight excluding hydrogens is 234 g/mol. The van der Waals surface area contributed by atoms with Crippen LogP contribution in [0.1, 0.15) is 28.7 Å². The molecule has 0 saturated heterocycles. The van der Waals surface area contributed by atoms with Crippen molar-refractivity contribution in [2.75, 3.05) is 0 Å². The second kappa shape index (κ2) is 4.40. The van der Waals surface area contributed by atoms with E-state index in [1.807, 2.05) is 0 Å². The Kier molecular flexibility index (Phi) is 2.93. The van der Waals surface area contributed by atoms with Gasteiger partial charge in [0.1, 0.15) is 5.56 Å². The van der Waals surface area contributed by atoms with Crippen molar-refractivity contribution < 1.29 is 14.7 Å². The van der Waals surface area contributed by atoms with Gasteiger partial charge in [0.05, 0.1) is 11.9 Å². The van der Waals surface area contributed by atoms with Gasteiger partial charge in [0, 0.05) is 5.69 Å². The average Bonchev–Trinajstić information content (AvgIpc) is 2.70. The Hall–Kier alpha value is -2.50. The quantitative estimate of drug-likeness (QED) is 0.825. The summed E-state index contributed by atoms with van der Waals surface area (Å²) in [7, 11) is 0. The highest BCUT2D eigenvalue weighted by Crippen LogP contribution is 2.13. The number of hydrogen-bond donors (Lipinski definition) is 1. The van der Waals surface area contributed by atoms with Crippen LogP contribution in [0.25, 0.3) is 11.7 Å². The number of aromatic carboxylic acids is 1. The number of fused-ring (bicyclic) bond motifs is 1. The highest BCUT2D eigenvalue weighted by molar-refractivity contribution is 5.94. The van der Waals surface area contributed by atoms with Crippen LogP contribution >= 0.6 is 0 Å². The van der Waals surface area contributed by atoms with E-state index in [2.05, 4.69) is 10.1 Å². The first-order chi connectivity index (χ1) is 8.49. The molecular formula is C12H11N3O3. The summed E-state index contributed by atoms with van der Waals surface area (Å²) in [5.41, 5.74) is 1.58. The molecule has 0 fully saturated rings. The number of carboxylic acid groups (broad SMARTS) is 1. The minimum absolute atomic E-state index is 0.0381. The molecule has 6 nitrogen and oxygen atoms in total. The number of hydrogen-bond acceptors (Lipinski definition) is 4. The molecule has 0 aliphatic carbocycles. The number of carbonyl (C=O) groups excluding carboxylic acids is 1. The third-order valence-electron chi connectivity index (χ3n) is 2.39. The minimum Gasteiger partial charge on any atom is -0.477 e. The van der Waals surface area contributed by atoms with Crippen molar-refractivity contribution in [3.63, 3.8) is 0 Å². The molecule has 18 heavy (non-hydrogen) atoms. The topological polar surface area (TPSA) is 84.6 Å². The number of allylic oxidation sites excluding steroid dienone is 1. The summed E-state index contributed by atoms with van der Waals surface area (Å²) in [6.07, 6.45) is 4.19. The number of carbonyl (C=O) groups is 2. The molecule has 0 bridgehead atoms. The van der Waals surface area contributed by atoms with Crippen LogP contribution in [-0.2, 0) is 4.79 Å². The summed E-state index contributed by atoms with van der Waals surface area (Å²) in [4.78, 5) is 26.0. The first kappa shape index (κ1) is 12.0. The number of nitrogens with zero attached hydrogens (tertiary/aromatic N) is 3. The van der Waals surface area contributed by atoms with Crippen molar-refractivity contribution in [2.45, 2.75) is 13.8 Å². The largest absolute Gasteiger partial charge is 0.477 e. The lowest BCUT2D eigenvalue weighted by Gasteiger charge is -2.01. The fourth-order valence-corrected chi connectivity index (χ4v) is 1.58. The lowest BCUT2D eigenvalue weighted by atomic mass is 10.2. The molecule has 2 aromatic heterocycles. The third kappa shape index (κ3) is 2.13. The Morgan fingerprint density at radius 3 is 2.78 bits per heavy atom. The monoisotopic (exact) mass is 245 g/mol. The summed E-state index contributed by atoms with van der Waals surface area (Å²) in [6.45, 7) is 3.22. The maximum atomic E-state index is 11.0. The van der Waals surface area contributed by atoms with E-state index in [0.29, 0.717) is 5.69 Å². The Labute approximate surface area is 103 Å². The zero-order chi connectivity index (χ0) is 13.3. The molecule has 0 radical (unpaired) electrons. The van der Waals surface area contributed by atoms with E-state index in [1.165, 1.54) is 23.7 Å². The summed E-state index contributed by atoms with van der Waals surface area (Å²) in [6, 6.07) is 1.73. The van der Waals surface area contributed by atoms with Crippen LogP contribution in [0.3, 0.4) is 0 Å². The Morgan fingerprint density at radius 1 is 1.44 bits per heavy atom. The lowest BCUT2D eigenvalue weighted by molar-refractivity contribution is -0.112. The first-order valence-electron chi connectivity index (χ1n) is 5.26. The molecule has 1 N–H and O–H groups in total. The van der Waals surface area contributed by atoms with Crippen molar-refractivity contribution >= 4 is 23.5 Å². The summed E-state index contributed by atoms with van der Waals surface area (Å²) >= 11 is 0. The SMILES string of the molecule is CC(=O)/C=C/c1cc(C)n2ncc(C(=O)O)c2n1. The van der Waals surface area contributed by atoms with Gasteiger partial charge in [0.25, 0.3) is 0 Å². The van der Waals surface area contributed by atoms with Crippen LogP contribution in [0, 0.1) is 6.92 Å². The van der Waals surface area contributed by atoms with Crippen LogP contribution in [0.2, 0.25) is 0 Å². The molecule has 6 heteroatoms. The van der Waals surface area contributed by atoms with Gasteiger partial charge in [-0.05, 0) is 32.1 Å². The molecule has 0 unspecified atom stereocenters. The smallest absolute Gasteiger partial charge is 0.341 e. The van der Waals surface area contributed by atoms with E-state index in [1.54, 1.807) is 19.1 Å². The van der Waals surface area contributed by atoms with Crippen molar-refractivity contribution in [1.29, 1.82) is 0 Å². The Morgan fingerprint density at radius 2 is 2.17 bits per heavy atom.